The molecule has 0 aliphatic rings. The summed E-state index contributed by atoms with van der Waals surface area (Å²) < 4.78 is 0. The van der Waals surface area contributed by atoms with Gasteiger partial charge in [-0.25, -0.2) is 0 Å². The monoisotopic (exact) mass is 734 g/mol. The average Bonchev–Trinajstić information content (AvgIpc) is 3.30. The molecule has 0 saturated carbocycles. The van der Waals surface area contributed by atoms with Crippen LogP contribution in [0.15, 0.2) is 231 Å². The zero-order valence-corrected chi connectivity index (χ0v) is 31.9. The van der Waals surface area contributed by atoms with Crippen LogP contribution in [0, 0.1) is 0 Å². The van der Waals surface area contributed by atoms with Gasteiger partial charge in [-0.3, -0.25) is 0 Å². The molecule has 58 heavy (non-hydrogen) atoms. The number of rotatable bonds is 6. The van der Waals surface area contributed by atoms with E-state index in [1.165, 1.54) is 110 Å². The fraction of sp³-hybridized carbons (Fsp3) is 0. The lowest BCUT2D eigenvalue weighted by Crippen LogP contribution is -1.91. The minimum atomic E-state index is 1.20. The molecule has 0 atom stereocenters. The quantitative estimate of drug-likeness (QED) is 0.149. The van der Waals surface area contributed by atoms with E-state index in [9.17, 15) is 0 Å². The number of hydrogen-bond donors (Lipinski definition) is 0. The van der Waals surface area contributed by atoms with Crippen molar-refractivity contribution < 1.29 is 0 Å². The van der Waals surface area contributed by atoms with Gasteiger partial charge in [0.05, 0.1) is 0 Å². The van der Waals surface area contributed by atoms with E-state index in [0.29, 0.717) is 0 Å². The summed E-state index contributed by atoms with van der Waals surface area (Å²) in [6.07, 6.45) is 0. The van der Waals surface area contributed by atoms with Gasteiger partial charge >= 0.3 is 0 Å². The van der Waals surface area contributed by atoms with Gasteiger partial charge in [0, 0.05) is 0 Å². The Morgan fingerprint density at radius 1 is 0.172 bits per heavy atom. The van der Waals surface area contributed by atoms with Crippen molar-refractivity contribution in [1.29, 1.82) is 0 Å². The predicted molar refractivity (Wildman–Crippen MR) is 249 cm³/mol. The molecule has 0 aromatic heterocycles. The maximum atomic E-state index is 2.39. The SMILES string of the molecule is c1ccc(-c2cccc(-c3ccccc3-c3ccc(-c4ccc5ccc(-c6c7ccccc7c(-c7cccc8ccccc78)c7ccccc67)cc5c4)cc3)c2)cc1. The maximum Gasteiger partial charge on any atom is -0.00201 e. The van der Waals surface area contributed by atoms with Gasteiger partial charge in [-0.15, -0.1) is 0 Å². The lowest BCUT2D eigenvalue weighted by atomic mass is 9.84. The third-order valence-corrected chi connectivity index (χ3v) is 11.9. The van der Waals surface area contributed by atoms with E-state index in [4.69, 9.17) is 0 Å². The minimum Gasteiger partial charge on any atom is -0.0622 e. The molecule has 0 heterocycles. The fourth-order valence-corrected chi connectivity index (χ4v) is 9.08. The summed E-state index contributed by atoms with van der Waals surface area (Å²) in [6.45, 7) is 0. The highest BCUT2D eigenvalue weighted by Crippen LogP contribution is 2.46. The fourth-order valence-electron chi connectivity index (χ4n) is 9.08. The van der Waals surface area contributed by atoms with Crippen molar-refractivity contribution in [3.8, 4) is 66.8 Å². The smallest absolute Gasteiger partial charge is 0.00201 e. The molecule has 11 aromatic rings. The van der Waals surface area contributed by atoms with Crippen molar-refractivity contribution in [3.05, 3.63) is 231 Å². The van der Waals surface area contributed by atoms with E-state index in [1.54, 1.807) is 0 Å². The largest absolute Gasteiger partial charge is 0.0622 e. The first-order valence-electron chi connectivity index (χ1n) is 20.1. The van der Waals surface area contributed by atoms with Crippen molar-refractivity contribution in [3.63, 3.8) is 0 Å². The van der Waals surface area contributed by atoms with Gasteiger partial charge in [-0.05, 0) is 128 Å². The zero-order chi connectivity index (χ0) is 38.4. The summed E-state index contributed by atoms with van der Waals surface area (Å²) in [5, 5.41) is 10.1. The normalized spacial score (nSPS) is 11.4. The Bertz CT molecular complexity index is 3250. The van der Waals surface area contributed by atoms with E-state index in [2.05, 4.69) is 231 Å². The molecule has 0 N–H and O–H groups in total. The summed E-state index contributed by atoms with van der Waals surface area (Å²) in [6, 6.07) is 84.4. The highest BCUT2D eigenvalue weighted by molar-refractivity contribution is 6.23. The molecule has 270 valence electrons. The van der Waals surface area contributed by atoms with E-state index in [1.807, 2.05) is 0 Å². The Morgan fingerprint density at radius 3 is 1.33 bits per heavy atom. The Hall–Kier alpha value is -7.54. The van der Waals surface area contributed by atoms with Crippen LogP contribution in [0.2, 0.25) is 0 Å². The van der Waals surface area contributed by atoms with Crippen LogP contribution in [0.4, 0.5) is 0 Å². The van der Waals surface area contributed by atoms with Crippen molar-refractivity contribution in [1.82, 2.24) is 0 Å². The van der Waals surface area contributed by atoms with E-state index < -0.39 is 0 Å². The molecule has 0 amide bonds. The van der Waals surface area contributed by atoms with Crippen LogP contribution in [0.5, 0.6) is 0 Å². The van der Waals surface area contributed by atoms with Gasteiger partial charge in [-0.1, -0.05) is 212 Å². The second-order valence-corrected chi connectivity index (χ2v) is 15.2. The molecule has 0 saturated heterocycles. The second-order valence-electron chi connectivity index (χ2n) is 15.2. The van der Waals surface area contributed by atoms with E-state index >= 15 is 0 Å². The van der Waals surface area contributed by atoms with Gasteiger partial charge in [0.15, 0.2) is 0 Å². The first-order chi connectivity index (χ1) is 28.8. The molecule has 0 spiro atoms. The summed E-state index contributed by atoms with van der Waals surface area (Å²) in [7, 11) is 0. The highest BCUT2D eigenvalue weighted by atomic mass is 14.2. The van der Waals surface area contributed by atoms with Crippen LogP contribution < -0.4 is 0 Å². The molecule has 0 aliphatic heterocycles. The summed E-state index contributed by atoms with van der Waals surface area (Å²) in [4.78, 5) is 0. The maximum absolute atomic E-state index is 2.39. The summed E-state index contributed by atoms with van der Waals surface area (Å²) in [5.41, 5.74) is 14.8. The average molecular weight is 735 g/mol. The summed E-state index contributed by atoms with van der Waals surface area (Å²) >= 11 is 0. The van der Waals surface area contributed by atoms with Gasteiger partial charge in [0.1, 0.15) is 0 Å². The standard InChI is InChI=1S/C58H38/c1-2-14-39(15-3-1)44-18-12-19-46(36-44)51-22-7-6-20-49(51)43-32-28-40(29-33-43)45-34-30-41-31-35-47(38-48(41)37-45)57-53-23-8-10-25-55(53)58(56-26-11-9-24-54(56)57)52-27-13-17-42-16-4-5-21-50(42)52/h1-38H. The minimum absolute atomic E-state index is 1.20. The van der Waals surface area contributed by atoms with E-state index in [-0.39, 0.29) is 0 Å². The van der Waals surface area contributed by atoms with Gasteiger partial charge in [-0.2, -0.15) is 0 Å². The Balaban J connectivity index is 0.987. The number of fused-ring (bicyclic) bond motifs is 4. The molecule has 0 unspecified atom stereocenters. The highest BCUT2D eigenvalue weighted by Gasteiger charge is 2.18. The molecular weight excluding hydrogens is 697 g/mol. The number of benzene rings is 11. The zero-order valence-electron chi connectivity index (χ0n) is 31.9. The van der Waals surface area contributed by atoms with Crippen molar-refractivity contribution in [2.75, 3.05) is 0 Å². The van der Waals surface area contributed by atoms with E-state index in [0.717, 1.165) is 0 Å². The van der Waals surface area contributed by atoms with Crippen molar-refractivity contribution in [2.45, 2.75) is 0 Å². The van der Waals surface area contributed by atoms with Crippen LogP contribution in [-0.2, 0) is 0 Å². The molecular formula is C58H38. The van der Waals surface area contributed by atoms with Crippen LogP contribution in [0.1, 0.15) is 0 Å². The Kier molecular flexibility index (Phi) is 8.26. The van der Waals surface area contributed by atoms with Gasteiger partial charge in [0.2, 0.25) is 0 Å². The lowest BCUT2D eigenvalue weighted by molar-refractivity contribution is 1.56. The number of hydrogen-bond acceptors (Lipinski definition) is 0. The molecule has 0 heteroatoms. The summed E-state index contributed by atoms with van der Waals surface area (Å²) in [5.74, 6) is 0. The van der Waals surface area contributed by atoms with Crippen LogP contribution in [-0.4, -0.2) is 0 Å². The second kappa shape index (κ2) is 14.2. The molecule has 0 radical (unpaired) electrons. The Labute approximate surface area is 339 Å². The molecule has 11 rings (SSSR count). The van der Waals surface area contributed by atoms with Crippen LogP contribution in [0.25, 0.3) is 110 Å². The Morgan fingerprint density at radius 2 is 0.603 bits per heavy atom. The topological polar surface area (TPSA) is 0 Å². The molecule has 0 aliphatic carbocycles. The molecule has 0 nitrogen and oxygen atoms in total. The molecule has 0 bridgehead atoms. The third-order valence-electron chi connectivity index (χ3n) is 11.9. The lowest BCUT2D eigenvalue weighted by Gasteiger charge is -2.19. The molecule has 0 fully saturated rings. The van der Waals surface area contributed by atoms with Crippen molar-refractivity contribution in [2.24, 2.45) is 0 Å². The predicted octanol–water partition coefficient (Wildman–Crippen LogP) is 16.3. The molecule has 11 aromatic carbocycles. The van der Waals surface area contributed by atoms with Crippen LogP contribution >= 0.6 is 0 Å². The van der Waals surface area contributed by atoms with Gasteiger partial charge in [0.25, 0.3) is 0 Å². The van der Waals surface area contributed by atoms with Crippen molar-refractivity contribution >= 4 is 43.1 Å². The van der Waals surface area contributed by atoms with Crippen LogP contribution in [0.3, 0.4) is 0 Å². The first-order valence-corrected chi connectivity index (χ1v) is 20.1. The van der Waals surface area contributed by atoms with Gasteiger partial charge < -0.3 is 0 Å². The third kappa shape index (κ3) is 5.86. The first kappa shape index (κ1) is 33.8.